The van der Waals surface area contributed by atoms with E-state index in [2.05, 4.69) is 25.0 Å². The Kier molecular flexibility index (Phi) is 5.78. The van der Waals surface area contributed by atoms with Crippen molar-refractivity contribution in [2.45, 2.75) is 38.6 Å². The second kappa shape index (κ2) is 8.24. The maximum Gasteiger partial charge on any atom is 0.338 e. The molecule has 1 aliphatic rings. The molecule has 144 valence electrons. The molecule has 27 heavy (non-hydrogen) atoms. The van der Waals surface area contributed by atoms with Crippen molar-refractivity contribution in [2.24, 2.45) is 0 Å². The fourth-order valence-corrected chi connectivity index (χ4v) is 3.23. The number of rotatable bonds is 6. The molecule has 1 aromatic carbocycles. The minimum Gasteiger partial charge on any atom is -0.484 e. The molecule has 0 spiro atoms. The van der Waals surface area contributed by atoms with Gasteiger partial charge in [-0.15, -0.1) is 0 Å². The molecule has 1 aliphatic heterocycles. The molecule has 3 rings (SSSR count). The zero-order valence-corrected chi connectivity index (χ0v) is 15.7. The van der Waals surface area contributed by atoms with Crippen molar-refractivity contribution in [3.05, 3.63) is 47.8 Å². The van der Waals surface area contributed by atoms with Crippen LogP contribution in [0.3, 0.4) is 0 Å². The lowest BCUT2D eigenvalue weighted by Gasteiger charge is -2.32. The van der Waals surface area contributed by atoms with Crippen molar-refractivity contribution < 1.29 is 19.4 Å². The van der Waals surface area contributed by atoms with Crippen LogP contribution in [-0.4, -0.2) is 51.4 Å². The van der Waals surface area contributed by atoms with E-state index in [1.54, 1.807) is 15.8 Å². The van der Waals surface area contributed by atoms with Gasteiger partial charge in [0.1, 0.15) is 5.75 Å². The number of likely N-dealkylation sites (tertiary alicyclic amines) is 1. The van der Waals surface area contributed by atoms with Crippen molar-refractivity contribution in [3.8, 4) is 5.75 Å². The highest BCUT2D eigenvalue weighted by Crippen LogP contribution is 2.23. The van der Waals surface area contributed by atoms with Gasteiger partial charge in [0.2, 0.25) is 0 Å². The number of carbonyl (C=O) groups excluding carboxylic acids is 1. The normalized spacial score (nSPS) is 15.1. The summed E-state index contributed by atoms with van der Waals surface area (Å²) < 4.78 is 7.37. The summed E-state index contributed by atoms with van der Waals surface area (Å²) in [5, 5.41) is 13.1. The number of nitrogens with zero attached hydrogens (tertiary/aromatic N) is 3. The number of aromatic carboxylic acids is 1. The Bertz CT molecular complexity index is 807. The van der Waals surface area contributed by atoms with E-state index in [4.69, 9.17) is 9.84 Å². The van der Waals surface area contributed by atoms with E-state index < -0.39 is 5.97 Å². The van der Waals surface area contributed by atoms with Crippen molar-refractivity contribution in [2.75, 3.05) is 19.7 Å². The van der Waals surface area contributed by atoms with E-state index in [1.807, 2.05) is 18.2 Å². The van der Waals surface area contributed by atoms with E-state index in [1.165, 1.54) is 11.8 Å². The number of carboxylic acids is 1. The molecule has 0 unspecified atom stereocenters. The van der Waals surface area contributed by atoms with Gasteiger partial charge in [0, 0.05) is 19.3 Å². The molecule has 1 aromatic heterocycles. The van der Waals surface area contributed by atoms with Crippen LogP contribution in [0.15, 0.2) is 36.7 Å². The van der Waals surface area contributed by atoms with Crippen LogP contribution in [0.2, 0.25) is 0 Å². The Balaban J connectivity index is 1.49. The molecule has 2 aromatic rings. The molecule has 0 radical (unpaired) electrons. The highest BCUT2D eigenvalue weighted by atomic mass is 16.5. The molecule has 0 bridgehead atoms. The molecule has 0 saturated carbocycles. The van der Waals surface area contributed by atoms with Crippen LogP contribution in [0.5, 0.6) is 5.75 Å². The SMILES string of the molecule is CC(C)c1cccc(OCC(=O)N2CCC(n3cc(C(=O)O)cn3)CC2)c1. The van der Waals surface area contributed by atoms with E-state index >= 15 is 0 Å². The van der Waals surface area contributed by atoms with Crippen molar-refractivity contribution >= 4 is 11.9 Å². The standard InChI is InChI=1S/C20H25N3O4/c1-14(2)15-4-3-5-18(10-15)27-13-19(24)22-8-6-17(7-9-22)23-12-16(11-21-23)20(25)26/h3-5,10-12,14,17H,6-9,13H2,1-2H3,(H,25,26). The van der Waals surface area contributed by atoms with Gasteiger partial charge in [-0.1, -0.05) is 26.0 Å². The zero-order valence-electron chi connectivity index (χ0n) is 15.7. The summed E-state index contributed by atoms with van der Waals surface area (Å²) in [6.07, 6.45) is 4.40. The summed E-state index contributed by atoms with van der Waals surface area (Å²) in [5.41, 5.74) is 1.37. The van der Waals surface area contributed by atoms with Crippen LogP contribution in [-0.2, 0) is 4.79 Å². The molecular formula is C20H25N3O4. The first-order valence-corrected chi connectivity index (χ1v) is 9.22. The Labute approximate surface area is 158 Å². The van der Waals surface area contributed by atoms with Gasteiger partial charge in [-0.25, -0.2) is 4.79 Å². The number of carbonyl (C=O) groups is 2. The number of hydrogen-bond donors (Lipinski definition) is 1. The van der Waals surface area contributed by atoms with Crippen LogP contribution in [0, 0.1) is 0 Å². The summed E-state index contributed by atoms with van der Waals surface area (Å²) in [4.78, 5) is 25.2. The average molecular weight is 371 g/mol. The Morgan fingerprint density at radius 3 is 2.67 bits per heavy atom. The molecule has 7 nitrogen and oxygen atoms in total. The molecule has 2 heterocycles. The predicted molar refractivity (Wildman–Crippen MR) is 100 cm³/mol. The Hall–Kier alpha value is -2.83. The van der Waals surface area contributed by atoms with Gasteiger partial charge in [-0.3, -0.25) is 9.48 Å². The second-order valence-corrected chi connectivity index (χ2v) is 7.14. The van der Waals surface area contributed by atoms with Gasteiger partial charge in [-0.05, 0) is 36.5 Å². The van der Waals surface area contributed by atoms with E-state index in [0.29, 0.717) is 24.8 Å². The van der Waals surface area contributed by atoms with E-state index in [-0.39, 0.29) is 24.1 Å². The van der Waals surface area contributed by atoms with Gasteiger partial charge in [0.15, 0.2) is 6.61 Å². The number of hydrogen-bond acceptors (Lipinski definition) is 4. The maximum atomic E-state index is 12.4. The molecule has 1 amide bonds. The molecule has 1 N–H and O–H groups in total. The van der Waals surface area contributed by atoms with Gasteiger partial charge in [-0.2, -0.15) is 5.10 Å². The Morgan fingerprint density at radius 2 is 2.04 bits per heavy atom. The van der Waals surface area contributed by atoms with Crippen molar-refractivity contribution in [3.63, 3.8) is 0 Å². The first-order valence-electron chi connectivity index (χ1n) is 9.22. The fraction of sp³-hybridized carbons (Fsp3) is 0.450. The number of ether oxygens (including phenoxy) is 1. The minimum atomic E-state index is -0.979. The lowest BCUT2D eigenvalue weighted by Crippen LogP contribution is -2.41. The number of aromatic nitrogens is 2. The predicted octanol–water partition coefficient (Wildman–Crippen LogP) is 2.95. The summed E-state index contributed by atoms with van der Waals surface area (Å²) in [6, 6.07) is 7.95. The van der Waals surface area contributed by atoms with Crippen LogP contribution >= 0.6 is 0 Å². The summed E-state index contributed by atoms with van der Waals surface area (Å²) >= 11 is 0. The molecule has 0 atom stereocenters. The second-order valence-electron chi connectivity index (χ2n) is 7.14. The molecule has 1 fully saturated rings. The third-order valence-corrected chi connectivity index (χ3v) is 4.93. The van der Waals surface area contributed by atoms with E-state index in [9.17, 15) is 9.59 Å². The zero-order chi connectivity index (χ0) is 19.4. The van der Waals surface area contributed by atoms with Gasteiger partial charge in [0.05, 0.1) is 17.8 Å². The van der Waals surface area contributed by atoms with E-state index in [0.717, 1.165) is 12.8 Å². The number of carboxylic acid groups (broad SMARTS) is 1. The summed E-state index contributed by atoms with van der Waals surface area (Å²) in [6.45, 7) is 5.49. The third-order valence-electron chi connectivity index (χ3n) is 4.93. The number of amides is 1. The van der Waals surface area contributed by atoms with Crippen LogP contribution in [0.1, 0.15) is 54.6 Å². The summed E-state index contributed by atoms with van der Waals surface area (Å²) in [5.74, 6) is 0.108. The monoisotopic (exact) mass is 371 g/mol. The Morgan fingerprint density at radius 1 is 1.30 bits per heavy atom. The molecule has 1 saturated heterocycles. The largest absolute Gasteiger partial charge is 0.484 e. The lowest BCUT2D eigenvalue weighted by molar-refractivity contribution is -0.134. The lowest BCUT2D eigenvalue weighted by atomic mass is 10.0. The van der Waals surface area contributed by atoms with Gasteiger partial charge in [0.25, 0.3) is 5.91 Å². The topological polar surface area (TPSA) is 84.7 Å². The highest BCUT2D eigenvalue weighted by molar-refractivity contribution is 5.86. The van der Waals surface area contributed by atoms with Gasteiger partial charge < -0.3 is 14.7 Å². The average Bonchev–Trinajstić information content (AvgIpc) is 3.17. The molecule has 0 aliphatic carbocycles. The molecular weight excluding hydrogens is 346 g/mol. The van der Waals surface area contributed by atoms with Crippen LogP contribution in [0.25, 0.3) is 0 Å². The first kappa shape index (κ1) is 18.9. The van der Waals surface area contributed by atoms with Gasteiger partial charge >= 0.3 is 5.97 Å². The first-order chi connectivity index (χ1) is 12.9. The minimum absolute atomic E-state index is 0.0249. The van der Waals surface area contributed by atoms with Crippen LogP contribution in [0.4, 0.5) is 0 Å². The van der Waals surface area contributed by atoms with Crippen molar-refractivity contribution in [1.82, 2.24) is 14.7 Å². The number of piperidine rings is 1. The van der Waals surface area contributed by atoms with Crippen LogP contribution < -0.4 is 4.74 Å². The smallest absolute Gasteiger partial charge is 0.338 e. The van der Waals surface area contributed by atoms with Crippen molar-refractivity contribution in [1.29, 1.82) is 0 Å². The number of benzene rings is 1. The maximum absolute atomic E-state index is 12.4. The fourth-order valence-electron chi connectivity index (χ4n) is 3.23. The third kappa shape index (κ3) is 4.67. The molecule has 7 heteroatoms. The highest BCUT2D eigenvalue weighted by Gasteiger charge is 2.25. The quantitative estimate of drug-likeness (QED) is 0.844. The summed E-state index contributed by atoms with van der Waals surface area (Å²) in [7, 11) is 0.